The van der Waals surface area contributed by atoms with Gasteiger partial charge in [-0.2, -0.15) is 5.26 Å². The van der Waals surface area contributed by atoms with E-state index in [1.165, 1.54) is 57.8 Å². The Hall–Kier alpha value is -3.58. The number of carbonyl (C=O) groups excluding carboxylic acids is 1. The monoisotopic (exact) mass is 511 g/mol. The predicted octanol–water partition coefficient (Wildman–Crippen LogP) is 9.36. The lowest BCUT2D eigenvalue weighted by Gasteiger charge is -2.12. The van der Waals surface area contributed by atoms with Crippen molar-refractivity contribution in [1.29, 1.82) is 5.26 Å². The Morgan fingerprint density at radius 3 is 1.84 bits per heavy atom. The van der Waals surface area contributed by atoms with Gasteiger partial charge >= 0.3 is 5.97 Å². The van der Waals surface area contributed by atoms with Crippen molar-refractivity contribution in [2.45, 2.75) is 85.0 Å². The molecule has 0 aromatic heterocycles. The van der Waals surface area contributed by atoms with E-state index in [-0.39, 0.29) is 0 Å². The van der Waals surface area contributed by atoms with Crippen molar-refractivity contribution in [1.82, 2.24) is 0 Å². The molecular weight excluding hydrogens is 470 g/mol. The number of nitriles is 1. The standard InChI is InChI=1S/C34H41NO3/c1-4-5-6-7-8-9-10-11-12-13-22-37-30-17-15-29(16-18-30)34(36)38-31-19-21-33(27(3)24-31)32-20-14-28(25-35)23-26(32)2/h14-21,23-24H,4-13,22H2,1-3H3. The first-order chi connectivity index (χ1) is 18.5. The van der Waals surface area contributed by atoms with E-state index in [2.05, 4.69) is 13.0 Å². The number of carbonyl (C=O) groups is 1. The van der Waals surface area contributed by atoms with E-state index in [0.717, 1.165) is 34.4 Å². The molecule has 4 nitrogen and oxygen atoms in total. The maximum absolute atomic E-state index is 12.7. The van der Waals surface area contributed by atoms with E-state index in [1.54, 1.807) is 12.1 Å². The molecular formula is C34H41NO3. The Kier molecular flexibility index (Phi) is 11.9. The molecule has 0 amide bonds. The second-order valence-electron chi connectivity index (χ2n) is 10.1. The van der Waals surface area contributed by atoms with Gasteiger partial charge in [0.05, 0.1) is 23.8 Å². The van der Waals surface area contributed by atoms with E-state index >= 15 is 0 Å². The van der Waals surface area contributed by atoms with Gasteiger partial charge in [-0.25, -0.2) is 4.79 Å². The number of rotatable bonds is 15. The summed E-state index contributed by atoms with van der Waals surface area (Å²) in [4.78, 5) is 12.7. The molecule has 38 heavy (non-hydrogen) atoms. The molecule has 0 saturated carbocycles. The maximum Gasteiger partial charge on any atom is 0.343 e. The van der Waals surface area contributed by atoms with Crippen LogP contribution in [0.15, 0.2) is 60.7 Å². The quantitative estimate of drug-likeness (QED) is 0.116. The molecule has 3 aromatic carbocycles. The molecule has 200 valence electrons. The fraction of sp³-hybridized carbons (Fsp3) is 0.412. The average molecular weight is 512 g/mol. The van der Waals surface area contributed by atoms with Crippen LogP contribution in [-0.4, -0.2) is 12.6 Å². The van der Waals surface area contributed by atoms with Crippen molar-refractivity contribution < 1.29 is 14.3 Å². The number of unbranched alkanes of at least 4 members (excludes halogenated alkanes) is 9. The van der Waals surface area contributed by atoms with E-state index in [1.807, 2.05) is 62.4 Å². The lowest BCUT2D eigenvalue weighted by Crippen LogP contribution is -2.08. The first kappa shape index (κ1) is 29.0. The highest BCUT2D eigenvalue weighted by Gasteiger charge is 2.12. The number of hydrogen-bond acceptors (Lipinski definition) is 4. The average Bonchev–Trinajstić information content (AvgIpc) is 2.92. The van der Waals surface area contributed by atoms with Crippen molar-refractivity contribution in [3.63, 3.8) is 0 Å². The molecule has 0 aliphatic heterocycles. The van der Waals surface area contributed by atoms with Gasteiger partial charge < -0.3 is 9.47 Å². The Morgan fingerprint density at radius 1 is 0.711 bits per heavy atom. The molecule has 3 rings (SSSR count). The zero-order chi connectivity index (χ0) is 27.2. The largest absolute Gasteiger partial charge is 0.494 e. The molecule has 4 heteroatoms. The first-order valence-electron chi connectivity index (χ1n) is 14.1. The predicted molar refractivity (Wildman–Crippen MR) is 155 cm³/mol. The number of nitrogens with zero attached hydrogens (tertiary/aromatic N) is 1. The van der Waals surface area contributed by atoms with Crippen LogP contribution in [0, 0.1) is 25.2 Å². The fourth-order valence-corrected chi connectivity index (χ4v) is 4.67. The van der Waals surface area contributed by atoms with Crippen LogP contribution in [0.25, 0.3) is 11.1 Å². The van der Waals surface area contributed by atoms with E-state index in [9.17, 15) is 4.79 Å². The van der Waals surface area contributed by atoms with Gasteiger partial charge in [0.25, 0.3) is 0 Å². The van der Waals surface area contributed by atoms with Gasteiger partial charge in [-0.15, -0.1) is 0 Å². The van der Waals surface area contributed by atoms with Crippen molar-refractivity contribution in [2.24, 2.45) is 0 Å². The zero-order valence-electron chi connectivity index (χ0n) is 23.2. The molecule has 0 atom stereocenters. The Labute approximate surface area is 228 Å². The van der Waals surface area contributed by atoms with Crippen LogP contribution < -0.4 is 9.47 Å². The van der Waals surface area contributed by atoms with Crippen LogP contribution in [0.5, 0.6) is 11.5 Å². The molecule has 3 aromatic rings. The maximum atomic E-state index is 12.7. The number of hydrogen-bond donors (Lipinski definition) is 0. The molecule has 0 N–H and O–H groups in total. The van der Waals surface area contributed by atoms with Gasteiger partial charge in [-0.05, 0) is 91.1 Å². The second-order valence-corrected chi connectivity index (χ2v) is 10.1. The summed E-state index contributed by atoms with van der Waals surface area (Å²) in [6.45, 7) is 6.94. The summed E-state index contributed by atoms with van der Waals surface area (Å²) < 4.78 is 11.5. The van der Waals surface area contributed by atoms with E-state index in [0.29, 0.717) is 23.5 Å². The summed E-state index contributed by atoms with van der Waals surface area (Å²) in [6, 6.07) is 20.6. The summed E-state index contributed by atoms with van der Waals surface area (Å²) in [5.74, 6) is 0.882. The van der Waals surface area contributed by atoms with Crippen molar-refractivity contribution in [3.05, 3.63) is 82.9 Å². The molecule has 0 radical (unpaired) electrons. The van der Waals surface area contributed by atoms with Gasteiger partial charge in [0, 0.05) is 0 Å². The van der Waals surface area contributed by atoms with Crippen LogP contribution in [0.1, 0.15) is 98.2 Å². The molecule has 0 bridgehead atoms. The Morgan fingerprint density at radius 2 is 1.26 bits per heavy atom. The fourth-order valence-electron chi connectivity index (χ4n) is 4.67. The van der Waals surface area contributed by atoms with Crippen molar-refractivity contribution in [2.75, 3.05) is 6.61 Å². The summed E-state index contributed by atoms with van der Waals surface area (Å²) >= 11 is 0. The van der Waals surface area contributed by atoms with Gasteiger partial charge in [0.2, 0.25) is 0 Å². The van der Waals surface area contributed by atoms with Gasteiger partial charge in [0.1, 0.15) is 11.5 Å². The Balaban J connectivity index is 1.41. The van der Waals surface area contributed by atoms with Crippen molar-refractivity contribution in [3.8, 4) is 28.7 Å². The van der Waals surface area contributed by atoms with Crippen LogP contribution in [0.3, 0.4) is 0 Å². The highest BCUT2D eigenvalue weighted by molar-refractivity contribution is 5.91. The van der Waals surface area contributed by atoms with Gasteiger partial charge in [-0.1, -0.05) is 76.8 Å². The Bertz CT molecular complexity index is 1210. The summed E-state index contributed by atoms with van der Waals surface area (Å²) in [7, 11) is 0. The third-order valence-electron chi connectivity index (χ3n) is 6.91. The highest BCUT2D eigenvalue weighted by Crippen LogP contribution is 2.30. The number of esters is 1. The number of benzene rings is 3. The molecule has 0 unspecified atom stereocenters. The molecule has 0 heterocycles. The van der Waals surface area contributed by atoms with Crippen LogP contribution in [0.4, 0.5) is 0 Å². The van der Waals surface area contributed by atoms with Gasteiger partial charge in [0.15, 0.2) is 0 Å². The molecule has 0 fully saturated rings. The minimum absolute atomic E-state index is 0.395. The third-order valence-corrected chi connectivity index (χ3v) is 6.91. The molecule has 0 saturated heterocycles. The topological polar surface area (TPSA) is 59.3 Å². The molecule has 0 aliphatic rings. The van der Waals surface area contributed by atoms with Crippen molar-refractivity contribution >= 4 is 5.97 Å². The first-order valence-corrected chi connectivity index (χ1v) is 14.1. The van der Waals surface area contributed by atoms with Crippen LogP contribution in [-0.2, 0) is 0 Å². The van der Waals surface area contributed by atoms with Crippen LogP contribution in [0.2, 0.25) is 0 Å². The number of ether oxygens (including phenoxy) is 2. The smallest absolute Gasteiger partial charge is 0.343 e. The lowest BCUT2D eigenvalue weighted by molar-refractivity contribution is 0.0734. The van der Waals surface area contributed by atoms with E-state index < -0.39 is 5.97 Å². The zero-order valence-corrected chi connectivity index (χ0v) is 23.2. The minimum atomic E-state index is -0.395. The second kappa shape index (κ2) is 15.6. The summed E-state index contributed by atoms with van der Waals surface area (Å²) in [6.07, 6.45) is 13.0. The van der Waals surface area contributed by atoms with E-state index in [4.69, 9.17) is 14.7 Å². The van der Waals surface area contributed by atoms with Crippen LogP contribution >= 0.6 is 0 Å². The third kappa shape index (κ3) is 9.06. The lowest BCUT2D eigenvalue weighted by atomic mass is 9.95. The molecule has 0 aliphatic carbocycles. The SMILES string of the molecule is CCCCCCCCCCCCOc1ccc(C(=O)Oc2ccc(-c3ccc(C#N)cc3C)c(C)c2)cc1. The number of aryl methyl sites for hydroxylation is 2. The molecule has 0 spiro atoms. The highest BCUT2D eigenvalue weighted by atomic mass is 16.5. The van der Waals surface area contributed by atoms with Gasteiger partial charge in [-0.3, -0.25) is 0 Å². The summed E-state index contributed by atoms with van der Waals surface area (Å²) in [5, 5.41) is 9.11. The normalized spacial score (nSPS) is 10.7. The minimum Gasteiger partial charge on any atom is -0.494 e. The summed E-state index contributed by atoms with van der Waals surface area (Å²) in [5.41, 5.74) is 5.28.